The Hall–Kier alpha value is -4.35. The normalized spacial score (nSPS) is 14.7. The molecule has 0 bridgehead atoms. The molecule has 0 saturated carbocycles. The number of benzene rings is 1. The summed E-state index contributed by atoms with van der Waals surface area (Å²) >= 11 is 0. The van der Waals surface area contributed by atoms with Crippen LogP contribution in [0.2, 0.25) is 0 Å². The number of allylic oxidation sites excluding steroid dienone is 1. The van der Waals surface area contributed by atoms with Gasteiger partial charge in [0.2, 0.25) is 11.9 Å². The van der Waals surface area contributed by atoms with Crippen LogP contribution in [0, 0.1) is 0 Å². The van der Waals surface area contributed by atoms with E-state index in [-0.39, 0.29) is 18.0 Å². The van der Waals surface area contributed by atoms with Crippen LogP contribution >= 0.6 is 0 Å². The molecule has 5 rings (SSSR count). The Bertz CT molecular complexity index is 1570. The fourth-order valence-corrected chi connectivity index (χ4v) is 4.41. The summed E-state index contributed by atoms with van der Waals surface area (Å²) in [6.45, 7) is 9.17. The Morgan fingerprint density at radius 3 is 2.55 bits per heavy atom. The molecule has 2 N–H and O–H groups in total. The zero-order chi connectivity index (χ0) is 27.0. The third-order valence-electron chi connectivity index (χ3n) is 6.40. The minimum Gasteiger partial charge on any atom is -0.384 e. The van der Waals surface area contributed by atoms with Crippen LogP contribution in [0.1, 0.15) is 19.5 Å². The number of aliphatic hydroxyl groups is 1. The zero-order valence-electron chi connectivity index (χ0n) is 21.6. The molecular weight excluding hydrogens is 484 g/mol. The number of rotatable bonds is 7. The van der Waals surface area contributed by atoms with Gasteiger partial charge in [-0.3, -0.25) is 14.5 Å². The molecule has 0 aliphatic carbocycles. The Morgan fingerprint density at radius 2 is 1.87 bits per heavy atom. The van der Waals surface area contributed by atoms with Crippen LogP contribution in [0.3, 0.4) is 0 Å². The molecule has 196 valence electrons. The summed E-state index contributed by atoms with van der Waals surface area (Å²) in [5.41, 5.74) is 0.957. The molecule has 1 fully saturated rings. The number of hydrogen-bond donors (Lipinski definition) is 2. The SMILES string of the molecule is C=CCn1c(=O)c2cnc(Nc3ccc(N4CCN(C)CC4=O)cc3)nc2n1-c1cccc(C(C)(C)O)n1. The standard InChI is InChI=1S/C27H30N8O3/c1-5-13-34-25(37)20-16-28-26(31-24(20)35(34)22-8-6-7-21(30-22)27(2,3)38)29-18-9-11-19(12-10-18)33-15-14-32(4)17-23(33)36/h5-12,16,38H,1,13-15,17H2,2-4H3,(H,28,29,31). The average Bonchev–Trinajstić information content (AvgIpc) is 3.15. The Labute approximate surface area is 219 Å². The van der Waals surface area contributed by atoms with Gasteiger partial charge in [-0.05, 0) is 57.3 Å². The van der Waals surface area contributed by atoms with Gasteiger partial charge in [-0.25, -0.2) is 19.3 Å². The third kappa shape index (κ3) is 4.81. The van der Waals surface area contributed by atoms with Crippen molar-refractivity contribution in [3.8, 4) is 5.82 Å². The lowest BCUT2D eigenvalue weighted by Gasteiger charge is -2.32. The molecule has 4 aromatic rings. The van der Waals surface area contributed by atoms with Crippen LogP contribution in [0.5, 0.6) is 0 Å². The van der Waals surface area contributed by atoms with E-state index in [4.69, 9.17) is 0 Å². The van der Waals surface area contributed by atoms with Crippen molar-refractivity contribution in [1.29, 1.82) is 0 Å². The highest BCUT2D eigenvalue weighted by atomic mass is 16.3. The molecule has 1 aliphatic rings. The topological polar surface area (TPSA) is 121 Å². The number of nitrogens with zero attached hydrogens (tertiary/aromatic N) is 7. The lowest BCUT2D eigenvalue weighted by Crippen LogP contribution is -2.48. The minimum atomic E-state index is -1.16. The average molecular weight is 515 g/mol. The smallest absolute Gasteiger partial charge is 0.278 e. The van der Waals surface area contributed by atoms with Gasteiger partial charge in [-0.15, -0.1) is 6.58 Å². The van der Waals surface area contributed by atoms with Crippen molar-refractivity contribution in [3.63, 3.8) is 0 Å². The van der Waals surface area contributed by atoms with Crippen molar-refractivity contribution in [3.05, 3.63) is 77.4 Å². The van der Waals surface area contributed by atoms with Gasteiger partial charge in [0.1, 0.15) is 11.0 Å². The van der Waals surface area contributed by atoms with Crippen LogP contribution in [0.4, 0.5) is 17.3 Å². The Balaban J connectivity index is 1.50. The van der Waals surface area contributed by atoms with Crippen LogP contribution in [-0.4, -0.2) is 66.9 Å². The maximum Gasteiger partial charge on any atom is 0.278 e. The second-order valence-electron chi connectivity index (χ2n) is 9.81. The van der Waals surface area contributed by atoms with Crippen molar-refractivity contribution < 1.29 is 9.90 Å². The number of anilines is 3. The van der Waals surface area contributed by atoms with Crippen LogP contribution in [0.15, 0.2) is 66.1 Å². The zero-order valence-corrected chi connectivity index (χ0v) is 21.6. The number of amides is 1. The van der Waals surface area contributed by atoms with E-state index in [1.54, 1.807) is 47.7 Å². The first kappa shape index (κ1) is 25.3. The number of nitrogens with one attached hydrogen (secondary N) is 1. The van der Waals surface area contributed by atoms with Gasteiger partial charge in [-0.1, -0.05) is 12.1 Å². The minimum absolute atomic E-state index is 0.0671. The van der Waals surface area contributed by atoms with E-state index in [9.17, 15) is 14.7 Å². The summed E-state index contributed by atoms with van der Waals surface area (Å²) in [4.78, 5) is 43.0. The monoisotopic (exact) mass is 514 g/mol. The number of likely N-dealkylation sites (N-methyl/N-ethyl adjacent to an activating group) is 1. The van der Waals surface area contributed by atoms with Crippen molar-refractivity contribution in [2.75, 3.05) is 36.9 Å². The second-order valence-corrected chi connectivity index (χ2v) is 9.81. The van der Waals surface area contributed by atoms with E-state index in [2.05, 4.69) is 26.8 Å². The molecule has 1 saturated heterocycles. The first-order chi connectivity index (χ1) is 18.2. The van der Waals surface area contributed by atoms with Crippen molar-refractivity contribution >= 4 is 34.3 Å². The lowest BCUT2D eigenvalue weighted by atomic mass is 10.1. The highest BCUT2D eigenvalue weighted by Crippen LogP contribution is 2.24. The molecule has 11 heteroatoms. The molecule has 0 unspecified atom stereocenters. The molecule has 0 radical (unpaired) electrons. The van der Waals surface area contributed by atoms with Crippen LogP contribution in [0.25, 0.3) is 16.9 Å². The van der Waals surface area contributed by atoms with E-state index in [0.717, 1.165) is 17.9 Å². The maximum atomic E-state index is 13.2. The van der Waals surface area contributed by atoms with Crippen molar-refractivity contribution in [2.45, 2.75) is 26.0 Å². The maximum absolute atomic E-state index is 13.2. The Morgan fingerprint density at radius 1 is 1.11 bits per heavy atom. The van der Waals surface area contributed by atoms with Crippen molar-refractivity contribution in [1.82, 2.24) is 29.2 Å². The third-order valence-corrected chi connectivity index (χ3v) is 6.40. The van der Waals surface area contributed by atoms with Gasteiger partial charge in [-0.2, -0.15) is 4.98 Å². The fraction of sp³-hybridized carbons (Fsp3) is 0.296. The highest BCUT2D eigenvalue weighted by molar-refractivity contribution is 5.95. The molecule has 11 nitrogen and oxygen atoms in total. The van der Waals surface area contributed by atoms with Gasteiger partial charge in [0.15, 0.2) is 11.5 Å². The number of pyridine rings is 1. The summed E-state index contributed by atoms with van der Waals surface area (Å²) in [6, 6.07) is 12.7. The molecular formula is C27H30N8O3. The van der Waals surface area contributed by atoms with E-state index in [0.29, 0.717) is 41.6 Å². The molecule has 38 heavy (non-hydrogen) atoms. The summed E-state index contributed by atoms with van der Waals surface area (Å²) in [7, 11) is 1.93. The highest BCUT2D eigenvalue weighted by Gasteiger charge is 2.23. The Kier molecular flexibility index (Phi) is 6.55. The number of carbonyl (C=O) groups excluding carboxylic acids is 1. The number of piperazine rings is 1. The number of aromatic nitrogens is 5. The molecule has 4 heterocycles. The molecule has 1 aromatic carbocycles. The first-order valence-electron chi connectivity index (χ1n) is 12.3. The van der Waals surface area contributed by atoms with Gasteiger partial charge >= 0.3 is 0 Å². The van der Waals surface area contributed by atoms with Gasteiger partial charge in [0, 0.05) is 30.7 Å². The molecule has 0 spiro atoms. The predicted molar refractivity (Wildman–Crippen MR) is 146 cm³/mol. The van der Waals surface area contributed by atoms with Gasteiger partial charge in [0.25, 0.3) is 5.56 Å². The first-order valence-corrected chi connectivity index (χ1v) is 12.3. The largest absolute Gasteiger partial charge is 0.384 e. The van der Waals surface area contributed by atoms with E-state index >= 15 is 0 Å². The van der Waals surface area contributed by atoms with Gasteiger partial charge < -0.3 is 15.3 Å². The van der Waals surface area contributed by atoms with Crippen LogP contribution < -0.4 is 15.8 Å². The number of fused-ring (bicyclic) bond motifs is 1. The fourth-order valence-electron chi connectivity index (χ4n) is 4.41. The van der Waals surface area contributed by atoms with E-state index in [1.165, 1.54) is 10.9 Å². The predicted octanol–water partition coefficient (Wildman–Crippen LogP) is 2.41. The van der Waals surface area contributed by atoms with Gasteiger partial charge in [0.05, 0.1) is 18.8 Å². The summed E-state index contributed by atoms with van der Waals surface area (Å²) in [6.07, 6.45) is 3.11. The lowest BCUT2D eigenvalue weighted by molar-refractivity contribution is -0.120. The summed E-state index contributed by atoms with van der Waals surface area (Å²) in [5, 5.41) is 14.0. The number of carbonyl (C=O) groups is 1. The molecule has 3 aromatic heterocycles. The van der Waals surface area contributed by atoms with E-state index < -0.39 is 5.60 Å². The summed E-state index contributed by atoms with van der Waals surface area (Å²) < 4.78 is 3.10. The van der Waals surface area contributed by atoms with Crippen LogP contribution in [-0.2, 0) is 16.9 Å². The molecule has 0 atom stereocenters. The second kappa shape index (κ2) is 9.84. The van der Waals surface area contributed by atoms with Crippen molar-refractivity contribution in [2.24, 2.45) is 0 Å². The molecule has 1 aliphatic heterocycles. The quantitative estimate of drug-likeness (QED) is 0.361. The van der Waals surface area contributed by atoms with E-state index in [1.807, 2.05) is 36.2 Å². The number of hydrogen-bond acceptors (Lipinski definition) is 8. The molecule has 1 amide bonds. The summed E-state index contributed by atoms with van der Waals surface area (Å²) in [5.74, 6) is 0.797.